The molecule has 40 heavy (non-hydrogen) atoms. The molecule has 0 aliphatic carbocycles. The number of pyridine rings is 1. The molecule has 2 heterocycles. The molecule has 0 unspecified atom stereocenters. The Kier molecular flexibility index (Phi) is 7.36. The van der Waals surface area contributed by atoms with Crippen LogP contribution in [0.2, 0.25) is 5.02 Å². The van der Waals surface area contributed by atoms with Crippen LogP contribution in [0.5, 0.6) is 0 Å². The number of carbonyl (C=O) groups is 2. The van der Waals surface area contributed by atoms with E-state index in [9.17, 15) is 39.6 Å². The third-order valence-electron chi connectivity index (χ3n) is 6.06. The van der Waals surface area contributed by atoms with Crippen LogP contribution in [0, 0.1) is 0 Å². The van der Waals surface area contributed by atoms with Gasteiger partial charge in [0.1, 0.15) is 11.4 Å². The van der Waals surface area contributed by atoms with Crippen molar-refractivity contribution in [1.82, 2.24) is 9.88 Å². The summed E-state index contributed by atoms with van der Waals surface area (Å²) in [5, 5.41) is 0.350. The van der Waals surface area contributed by atoms with E-state index in [0.29, 0.717) is 22.7 Å². The topological polar surface area (TPSA) is 134 Å². The maximum atomic E-state index is 13.3. The van der Waals surface area contributed by atoms with Crippen molar-refractivity contribution < 1.29 is 39.6 Å². The zero-order valence-electron chi connectivity index (χ0n) is 20.7. The Bertz CT molecular complexity index is 1700. The molecule has 3 amide bonds. The van der Waals surface area contributed by atoms with Crippen molar-refractivity contribution in [1.29, 1.82) is 0 Å². The lowest BCUT2D eigenvalue weighted by molar-refractivity contribution is -0.123. The predicted molar refractivity (Wildman–Crippen MR) is 139 cm³/mol. The molecule has 0 atom stereocenters. The number of alkyl halides is 3. The van der Waals surface area contributed by atoms with Crippen LogP contribution in [0.1, 0.15) is 19.4 Å². The number of anilines is 2. The van der Waals surface area contributed by atoms with E-state index >= 15 is 0 Å². The van der Waals surface area contributed by atoms with Gasteiger partial charge in [-0.25, -0.2) is 31.5 Å². The van der Waals surface area contributed by atoms with Crippen molar-refractivity contribution >= 4 is 54.9 Å². The van der Waals surface area contributed by atoms with Gasteiger partial charge < -0.3 is 4.90 Å². The Labute approximate surface area is 232 Å². The van der Waals surface area contributed by atoms with E-state index in [2.05, 4.69) is 9.71 Å². The number of halogens is 4. The fourth-order valence-corrected chi connectivity index (χ4v) is 5.74. The Morgan fingerprint density at radius 3 is 2.08 bits per heavy atom. The third kappa shape index (κ3) is 5.36. The van der Waals surface area contributed by atoms with Gasteiger partial charge in [-0.05, 0) is 80.1 Å². The predicted octanol–water partition coefficient (Wildman–Crippen LogP) is 4.58. The number of nitrogens with zero attached hydrogens (tertiary/aromatic N) is 3. The maximum absolute atomic E-state index is 13.3. The largest absolute Gasteiger partial charge is 0.501 e. The quantitative estimate of drug-likeness (QED) is 0.384. The molecular formula is C24H20ClF3N4O6S2. The molecule has 0 spiro atoms. The summed E-state index contributed by atoms with van der Waals surface area (Å²) < 4.78 is 89.6. The summed E-state index contributed by atoms with van der Waals surface area (Å²) in [5.41, 5.74) is -6.65. The standard InChI is InChI=1S/C24H20ClF3N4O6S2/c1-23(2)21(33)32(17-5-9-18(10-6-17)39(35,36)24(26,27)28)22(34)31(23)14-15-11-12-29-20(13-15)30-40(37,38)19-7-3-16(25)4-8-19/h3-13H,14H2,1-2H3,(H,29,30). The van der Waals surface area contributed by atoms with E-state index in [1.807, 2.05) is 0 Å². The number of hydrogen-bond acceptors (Lipinski definition) is 7. The number of sulfone groups is 1. The Balaban J connectivity index is 1.57. The minimum Gasteiger partial charge on any atom is -0.305 e. The van der Waals surface area contributed by atoms with E-state index in [4.69, 9.17) is 11.6 Å². The minimum absolute atomic E-state index is 0.0541. The van der Waals surface area contributed by atoms with Crippen molar-refractivity contribution in [3.05, 3.63) is 77.4 Å². The number of carbonyl (C=O) groups excluding carboxylic acids is 2. The second-order valence-electron chi connectivity index (χ2n) is 9.12. The SMILES string of the molecule is CC1(C)C(=O)N(c2ccc(S(=O)(=O)C(F)(F)F)cc2)C(=O)N1Cc1ccnc(NS(=O)(=O)c2ccc(Cl)cc2)c1. The smallest absolute Gasteiger partial charge is 0.305 e. The van der Waals surface area contributed by atoms with Gasteiger partial charge in [0.15, 0.2) is 0 Å². The molecule has 3 aromatic rings. The number of benzene rings is 2. The van der Waals surface area contributed by atoms with E-state index in [1.54, 1.807) is 0 Å². The van der Waals surface area contributed by atoms with Crippen LogP contribution >= 0.6 is 11.6 Å². The van der Waals surface area contributed by atoms with Crippen molar-refractivity contribution in [3.8, 4) is 0 Å². The zero-order chi connectivity index (χ0) is 29.7. The van der Waals surface area contributed by atoms with E-state index in [-0.39, 0.29) is 22.9 Å². The minimum atomic E-state index is -5.61. The normalized spacial score (nSPS) is 15.9. The van der Waals surface area contributed by atoms with Crippen LogP contribution in [0.15, 0.2) is 76.7 Å². The first-order valence-electron chi connectivity index (χ1n) is 11.3. The molecule has 1 saturated heterocycles. The molecule has 10 nitrogen and oxygen atoms in total. The summed E-state index contributed by atoms with van der Waals surface area (Å²) >= 11 is 5.81. The summed E-state index contributed by atoms with van der Waals surface area (Å²) in [7, 11) is -9.63. The van der Waals surface area contributed by atoms with Gasteiger partial charge in [-0.15, -0.1) is 0 Å². The van der Waals surface area contributed by atoms with Crippen LogP contribution in [0.4, 0.5) is 29.5 Å². The second kappa shape index (κ2) is 10.1. The molecule has 1 N–H and O–H groups in total. The van der Waals surface area contributed by atoms with Crippen LogP contribution in [-0.4, -0.2) is 49.7 Å². The molecule has 212 valence electrons. The fraction of sp³-hybridized carbons (Fsp3) is 0.208. The molecule has 1 aromatic heterocycles. The lowest BCUT2D eigenvalue weighted by atomic mass is 10.0. The number of rotatable bonds is 7. The molecule has 0 saturated carbocycles. The molecule has 2 aromatic carbocycles. The summed E-state index contributed by atoms with van der Waals surface area (Å²) in [6.45, 7) is 2.76. The molecule has 1 aliphatic heterocycles. The highest BCUT2D eigenvalue weighted by atomic mass is 35.5. The first-order chi connectivity index (χ1) is 18.4. The number of amides is 3. The van der Waals surface area contributed by atoms with Crippen LogP contribution in [0.25, 0.3) is 0 Å². The number of sulfonamides is 1. The monoisotopic (exact) mass is 616 g/mol. The van der Waals surface area contributed by atoms with Gasteiger partial charge in [-0.1, -0.05) is 11.6 Å². The Hall–Kier alpha value is -3.69. The van der Waals surface area contributed by atoms with Crippen LogP contribution < -0.4 is 9.62 Å². The average molecular weight is 617 g/mol. The second-order valence-corrected chi connectivity index (χ2v) is 13.2. The van der Waals surface area contributed by atoms with Crippen LogP contribution in [0.3, 0.4) is 0 Å². The Morgan fingerprint density at radius 1 is 0.925 bits per heavy atom. The van der Waals surface area contributed by atoms with Gasteiger partial charge in [0.25, 0.3) is 25.8 Å². The summed E-state index contributed by atoms with van der Waals surface area (Å²) in [6, 6.07) is 10.7. The highest BCUT2D eigenvalue weighted by Gasteiger charge is 2.52. The zero-order valence-corrected chi connectivity index (χ0v) is 23.1. The van der Waals surface area contributed by atoms with Gasteiger partial charge in [0.2, 0.25) is 0 Å². The lowest BCUT2D eigenvalue weighted by Gasteiger charge is -2.27. The van der Waals surface area contributed by atoms with Crippen molar-refractivity contribution in [3.63, 3.8) is 0 Å². The molecule has 0 bridgehead atoms. The van der Waals surface area contributed by atoms with Crippen LogP contribution in [-0.2, 0) is 31.2 Å². The third-order valence-corrected chi connectivity index (χ3v) is 9.19. The number of nitrogens with one attached hydrogen (secondary N) is 1. The van der Waals surface area contributed by atoms with Gasteiger partial charge in [0.05, 0.1) is 15.5 Å². The van der Waals surface area contributed by atoms with Gasteiger partial charge in [-0.2, -0.15) is 13.2 Å². The van der Waals surface area contributed by atoms with E-state index in [0.717, 1.165) is 17.0 Å². The van der Waals surface area contributed by atoms with Crippen molar-refractivity contribution in [2.24, 2.45) is 0 Å². The highest BCUT2D eigenvalue weighted by molar-refractivity contribution is 7.92. The number of hydrogen-bond donors (Lipinski definition) is 1. The molecule has 0 radical (unpaired) electrons. The Morgan fingerprint density at radius 2 is 1.50 bits per heavy atom. The highest BCUT2D eigenvalue weighted by Crippen LogP contribution is 2.35. The summed E-state index contributed by atoms with van der Waals surface area (Å²) in [4.78, 5) is 31.3. The van der Waals surface area contributed by atoms with Gasteiger partial charge in [0, 0.05) is 17.8 Å². The number of imide groups is 1. The number of urea groups is 1. The molecule has 16 heteroatoms. The van der Waals surface area contributed by atoms with Gasteiger partial charge in [-0.3, -0.25) is 9.52 Å². The number of aromatic nitrogens is 1. The summed E-state index contributed by atoms with van der Waals surface area (Å²) in [6.07, 6.45) is 1.31. The lowest BCUT2D eigenvalue weighted by Crippen LogP contribution is -2.43. The average Bonchev–Trinajstić information content (AvgIpc) is 3.03. The van der Waals surface area contributed by atoms with Crippen molar-refractivity contribution in [2.45, 2.75) is 41.2 Å². The summed E-state index contributed by atoms with van der Waals surface area (Å²) in [5.74, 6) is -0.761. The first kappa shape index (κ1) is 29.3. The fourth-order valence-electron chi connectivity index (χ4n) is 3.86. The molecule has 1 aliphatic rings. The molecule has 1 fully saturated rings. The first-order valence-corrected chi connectivity index (χ1v) is 14.6. The molecular weight excluding hydrogens is 597 g/mol. The van der Waals surface area contributed by atoms with E-state index in [1.165, 1.54) is 61.3 Å². The molecule has 4 rings (SSSR count). The van der Waals surface area contributed by atoms with Crippen molar-refractivity contribution in [2.75, 3.05) is 9.62 Å². The van der Waals surface area contributed by atoms with Gasteiger partial charge >= 0.3 is 11.5 Å². The van der Waals surface area contributed by atoms with E-state index < -0.39 is 47.7 Å². The maximum Gasteiger partial charge on any atom is 0.501 e.